The van der Waals surface area contributed by atoms with Gasteiger partial charge in [-0.25, -0.2) is 4.98 Å². The second-order valence-electron chi connectivity index (χ2n) is 5.06. The number of aromatic nitrogens is 1. The number of nitrogens with one attached hydrogen (secondary N) is 1. The van der Waals surface area contributed by atoms with E-state index in [9.17, 15) is 4.79 Å². The first-order chi connectivity index (χ1) is 11.3. The summed E-state index contributed by atoms with van der Waals surface area (Å²) >= 11 is 0. The third-order valence-electron chi connectivity index (χ3n) is 3.35. The van der Waals surface area contributed by atoms with Crippen LogP contribution in [0.4, 0.5) is 5.69 Å². The summed E-state index contributed by atoms with van der Waals surface area (Å²) in [6.07, 6.45) is 2.01. The molecule has 0 saturated heterocycles. The molecule has 2 aromatic carbocycles. The van der Waals surface area contributed by atoms with Gasteiger partial charge in [0.15, 0.2) is 5.76 Å². The number of hydrogen-bond donors (Lipinski definition) is 2. The molecule has 5 heteroatoms. The number of nitrogens with two attached hydrogens (primary N) is 1. The normalized spacial score (nSPS) is 10.5. The number of carbonyl (C=O) groups is 1. The molecule has 1 aromatic heterocycles. The van der Waals surface area contributed by atoms with Gasteiger partial charge < -0.3 is 15.5 Å². The standard InChI is InChI=1S/C18H17N3O2/c19-11-10-17(22)21-15-8-6-13(7-9-15)16-12-20-18(23-16)14-4-2-1-3-5-14/h1-9,12H,10-11,19H2,(H,21,22). The lowest BCUT2D eigenvalue weighted by Crippen LogP contribution is -2.15. The molecule has 0 saturated carbocycles. The maximum atomic E-state index is 11.5. The highest BCUT2D eigenvalue weighted by Gasteiger charge is 2.08. The van der Waals surface area contributed by atoms with Crippen molar-refractivity contribution in [3.8, 4) is 22.8 Å². The summed E-state index contributed by atoms with van der Waals surface area (Å²) in [6, 6.07) is 17.2. The van der Waals surface area contributed by atoms with Crippen molar-refractivity contribution in [3.05, 3.63) is 60.8 Å². The molecule has 5 nitrogen and oxygen atoms in total. The van der Waals surface area contributed by atoms with Crippen LogP contribution >= 0.6 is 0 Å². The first-order valence-corrected chi connectivity index (χ1v) is 7.38. The molecule has 3 aromatic rings. The van der Waals surface area contributed by atoms with E-state index in [4.69, 9.17) is 10.2 Å². The van der Waals surface area contributed by atoms with Gasteiger partial charge in [0.2, 0.25) is 11.8 Å². The molecule has 0 fully saturated rings. The minimum absolute atomic E-state index is 0.0914. The van der Waals surface area contributed by atoms with Crippen molar-refractivity contribution in [2.45, 2.75) is 6.42 Å². The number of benzene rings is 2. The summed E-state index contributed by atoms with van der Waals surface area (Å²) in [5.74, 6) is 1.18. The summed E-state index contributed by atoms with van der Waals surface area (Å²) in [6.45, 7) is 0.338. The van der Waals surface area contributed by atoms with Crippen molar-refractivity contribution >= 4 is 11.6 Å². The zero-order valence-corrected chi connectivity index (χ0v) is 12.5. The lowest BCUT2D eigenvalue weighted by Gasteiger charge is -2.04. The average molecular weight is 307 g/mol. The van der Waals surface area contributed by atoms with Gasteiger partial charge in [-0.15, -0.1) is 0 Å². The SMILES string of the molecule is NCCC(=O)Nc1ccc(-c2cnc(-c3ccccc3)o2)cc1. The Labute approximate surface area is 134 Å². The fourth-order valence-corrected chi connectivity index (χ4v) is 2.19. The van der Waals surface area contributed by atoms with Gasteiger partial charge in [0.25, 0.3) is 0 Å². The van der Waals surface area contributed by atoms with E-state index in [1.54, 1.807) is 6.20 Å². The van der Waals surface area contributed by atoms with Crippen LogP contribution in [0.2, 0.25) is 0 Å². The third kappa shape index (κ3) is 3.64. The van der Waals surface area contributed by atoms with Gasteiger partial charge in [-0.1, -0.05) is 18.2 Å². The molecule has 0 aliphatic heterocycles. The first kappa shape index (κ1) is 15.0. The fourth-order valence-electron chi connectivity index (χ4n) is 2.19. The monoisotopic (exact) mass is 307 g/mol. The van der Waals surface area contributed by atoms with Crippen molar-refractivity contribution in [3.63, 3.8) is 0 Å². The number of amides is 1. The number of anilines is 1. The van der Waals surface area contributed by atoms with Gasteiger partial charge in [-0.3, -0.25) is 4.79 Å². The van der Waals surface area contributed by atoms with Crippen molar-refractivity contribution in [2.75, 3.05) is 11.9 Å². The minimum Gasteiger partial charge on any atom is -0.436 e. The number of hydrogen-bond acceptors (Lipinski definition) is 4. The topological polar surface area (TPSA) is 81.2 Å². The van der Waals surface area contributed by atoms with Gasteiger partial charge in [0.05, 0.1) is 6.20 Å². The zero-order valence-electron chi connectivity index (χ0n) is 12.5. The molecule has 0 aliphatic rings. The van der Waals surface area contributed by atoms with Crippen LogP contribution < -0.4 is 11.1 Å². The molecule has 0 radical (unpaired) electrons. The molecule has 1 amide bonds. The van der Waals surface area contributed by atoms with Crippen LogP contribution in [0.3, 0.4) is 0 Å². The highest BCUT2D eigenvalue weighted by molar-refractivity contribution is 5.91. The molecule has 1 heterocycles. The van der Waals surface area contributed by atoms with Crippen LogP contribution in [-0.4, -0.2) is 17.4 Å². The van der Waals surface area contributed by atoms with Gasteiger partial charge in [0.1, 0.15) is 0 Å². The van der Waals surface area contributed by atoms with E-state index in [2.05, 4.69) is 10.3 Å². The fraction of sp³-hybridized carbons (Fsp3) is 0.111. The van der Waals surface area contributed by atoms with Crippen molar-refractivity contribution in [1.82, 2.24) is 4.98 Å². The Morgan fingerprint density at radius 3 is 2.48 bits per heavy atom. The van der Waals surface area contributed by atoms with Crippen molar-refractivity contribution in [1.29, 1.82) is 0 Å². The van der Waals surface area contributed by atoms with E-state index in [1.165, 1.54) is 0 Å². The van der Waals surface area contributed by atoms with Crippen LogP contribution in [-0.2, 0) is 4.79 Å². The van der Waals surface area contributed by atoms with Crippen molar-refractivity contribution in [2.24, 2.45) is 5.73 Å². The Kier molecular flexibility index (Phi) is 4.49. The summed E-state index contributed by atoms with van der Waals surface area (Å²) in [5, 5.41) is 2.79. The molecule has 0 bridgehead atoms. The van der Waals surface area contributed by atoms with E-state index < -0.39 is 0 Å². The van der Waals surface area contributed by atoms with E-state index in [0.29, 0.717) is 24.6 Å². The Morgan fingerprint density at radius 2 is 1.78 bits per heavy atom. The van der Waals surface area contributed by atoms with Crippen LogP contribution in [0, 0.1) is 0 Å². The highest BCUT2D eigenvalue weighted by atomic mass is 16.4. The van der Waals surface area contributed by atoms with Crippen LogP contribution in [0.5, 0.6) is 0 Å². The quantitative estimate of drug-likeness (QED) is 0.758. The summed E-state index contributed by atoms with van der Waals surface area (Å²) in [7, 11) is 0. The lowest BCUT2D eigenvalue weighted by atomic mass is 10.1. The number of carbonyl (C=O) groups excluding carboxylic acids is 1. The van der Waals surface area contributed by atoms with E-state index in [1.807, 2.05) is 54.6 Å². The Hall–Kier alpha value is -2.92. The average Bonchev–Trinajstić information content (AvgIpc) is 3.07. The minimum atomic E-state index is -0.0914. The maximum absolute atomic E-state index is 11.5. The van der Waals surface area contributed by atoms with Gasteiger partial charge in [-0.2, -0.15) is 0 Å². The lowest BCUT2D eigenvalue weighted by molar-refractivity contribution is -0.116. The summed E-state index contributed by atoms with van der Waals surface area (Å²) in [4.78, 5) is 15.8. The Balaban J connectivity index is 1.75. The van der Waals surface area contributed by atoms with E-state index in [-0.39, 0.29) is 5.91 Å². The highest BCUT2D eigenvalue weighted by Crippen LogP contribution is 2.26. The Bertz CT molecular complexity index is 780. The largest absolute Gasteiger partial charge is 0.436 e. The molecule has 23 heavy (non-hydrogen) atoms. The summed E-state index contributed by atoms with van der Waals surface area (Å²) < 4.78 is 5.80. The van der Waals surface area contributed by atoms with Gasteiger partial charge in [-0.05, 0) is 36.4 Å². The molecule has 116 valence electrons. The van der Waals surface area contributed by atoms with E-state index in [0.717, 1.165) is 16.8 Å². The molecule has 0 atom stereocenters. The third-order valence-corrected chi connectivity index (χ3v) is 3.35. The van der Waals surface area contributed by atoms with Crippen LogP contribution in [0.1, 0.15) is 6.42 Å². The number of nitrogens with zero attached hydrogens (tertiary/aromatic N) is 1. The first-order valence-electron chi connectivity index (χ1n) is 7.38. The molecular formula is C18H17N3O2. The molecule has 0 spiro atoms. The van der Waals surface area contributed by atoms with Crippen molar-refractivity contribution < 1.29 is 9.21 Å². The second-order valence-corrected chi connectivity index (χ2v) is 5.06. The zero-order chi connectivity index (χ0) is 16.1. The molecular weight excluding hydrogens is 290 g/mol. The molecule has 3 N–H and O–H groups in total. The van der Waals surface area contributed by atoms with Crippen LogP contribution in [0.25, 0.3) is 22.8 Å². The van der Waals surface area contributed by atoms with Gasteiger partial charge >= 0.3 is 0 Å². The predicted octanol–water partition coefficient (Wildman–Crippen LogP) is 3.30. The summed E-state index contributed by atoms with van der Waals surface area (Å²) in [5.41, 5.74) is 7.92. The van der Waals surface area contributed by atoms with E-state index >= 15 is 0 Å². The number of oxazole rings is 1. The molecule has 0 unspecified atom stereocenters. The van der Waals surface area contributed by atoms with Gasteiger partial charge in [0, 0.05) is 29.8 Å². The maximum Gasteiger partial charge on any atom is 0.226 e. The second kappa shape index (κ2) is 6.89. The molecule has 3 rings (SSSR count). The van der Waals surface area contributed by atoms with Crippen LogP contribution in [0.15, 0.2) is 65.2 Å². The predicted molar refractivity (Wildman–Crippen MR) is 89.7 cm³/mol. The molecule has 0 aliphatic carbocycles. The Morgan fingerprint density at radius 1 is 1.04 bits per heavy atom. The smallest absolute Gasteiger partial charge is 0.226 e. The number of rotatable bonds is 5.